The fourth-order valence-corrected chi connectivity index (χ4v) is 2.26. The normalized spacial score (nSPS) is 11.9. The number of aliphatic hydroxyl groups excluding tert-OH is 1. The largest absolute Gasteiger partial charge is 0.396 e. The van der Waals surface area contributed by atoms with Gasteiger partial charge in [-0.3, -0.25) is 4.68 Å². The predicted octanol–water partition coefficient (Wildman–Crippen LogP) is 1.73. The van der Waals surface area contributed by atoms with E-state index in [1.54, 1.807) is 10.9 Å². The molecular formula is C16H22N4O2. The number of nitrogens with one attached hydrogen (secondary N) is 2. The molecular weight excluding hydrogens is 280 g/mol. The standard InChI is InChI=1S/C16H22N4O2/c1-20-12-13(11-18-20)10-17-16(22)19-15(8-5-9-21)14-6-3-2-4-7-14/h2-4,6-7,11-12,15,21H,5,8-10H2,1H3,(H2,17,19,22). The van der Waals surface area contributed by atoms with Gasteiger partial charge in [-0.1, -0.05) is 30.3 Å². The van der Waals surface area contributed by atoms with Crippen molar-refractivity contribution in [3.8, 4) is 0 Å². The third-order valence-electron chi connectivity index (χ3n) is 3.37. The monoisotopic (exact) mass is 302 g/mol. The third kappa shape index (κ3) is 4.89. The molecule has 0 aliphatic rings. The molecule has 2 amide bonds. The lowest BCUT2D eigenvalue weighted by Gasteiger charge is -2.19. The maximum atomic E-state index is 12.1. The van der Waals surface area contributed by atoms with Crippen molar-refractivity contribution in [1.29, 1.82) is 0 Å². The Hall–Kier alpha value is -2.34. The zero-order valence-electron chi connectivity index (χ0n) is 12.7. The minimum Gasteiger partial charge on any atom is -0.396 e. The van der Waals surface area contributed by atoms with E-state index < -0.39 is 0 Å². The minimum absolute atomic E-state index is 0.109. The number of aromatic nitrogens is 2. The summed E-state index contributed by atoms with van der Waals surface area (Å²) in [4.78, 5) is 12.1. The molecule has 1 aromatic heterocycles. The molecule has 6 nitrogen and oxygen atoms in total. The van der Waals surface area contributed by atoms with Crippen LogP contribution in [0.15, 0.2) is 42.7 Å². The van der Waals surface area contributed by atoms with Gasteiger partial charge in [-0.05, 0) is 18.4 Å². The fraction of sp³-hybridized carbons (Fsp3) is 0.375. The predicted molar refractivity (Wildman–Crippen MR) is 84.1 cm³/mol. The van der Waals surface area contributed by atoms with Gasteiger partial charge < -0.3 is 15.7 Å². The van der Waals surface area contributed by atoms with Crippen LogP contribution in [0.2, 0.25) is 0 Å². The molecule has 0 saturated heterocycles. The summed E-state index contributed by atoms with van der Waals surface area (Å²) in [5.41, 5.74) is 1.98. The van der Waals surface area contributed by atoms with Crippen LogP contribution in [0.3, 0.4) is 0 Å². The zero-order chi connectivity index (χ0) is 15.8. The lowest BCUT2D eigenvalue weighted by Crippen LogP contribution is -2.37. The molecule has 22 heavy (non-hydrogen) atoms. The number of nitrogens with zero attached hydrogens (tertiary/aromatic N) is 2. The van der Waals surface area contributed by atoms with Crippen molar-refractivity contribution in [2.24, 2.45) is 7.05 Å². The summed E-state index contributed by atoms with van der Waals surface area (Å²) in [5.74, 6) is 0. The Morgan fingerprint density at radius 2 is 2.14 bits per heavy atom. The van der Waals surface area contributed by atoms with E-state index in [-0.39, 0.29) is 18.7 Å². The van der Waals surface area contributed by atoms with Gasteiger partial charge in [-0.25, -0.2) is 4.79 Å². The highest BCUT2D eigenvalue weighted by atomic mass is 16.3. The summed E-state index contributed by atoms with van der Waals surface area (Å²) in [6, 6.07) is 9.44. The Balaban J connectivity index is 1.90. The van der Waals surface area contributed by atoms with Gasteiger partial charge in [-0.2, -0.15) is 5.10 Å². The number of aryl methyl sites for hydroxylation is 1. The topological polar surface area (TPSA) is 79.2 Å². The van der Waals surface area contributed by atoms with Gasteiger partial charge in [0.2, 0.25) is 0 Å². The van der Waals surface area contributed by atoms with Gasteiger partial charge in [-0.15, -0.1) is 0 Å². The Bertz CT molecular complexity index is 583. The number of hydrogen-bond acceptors (Lipinski definition) is 3. The Morgan fingerprint density at radius 1 is 1.36 bits per heavy atom. The van der Waals surface area contributed by atoms with Crippen LogP contribution < -0.4 is 10.6 Å². The molecule has 1 unspecified atom stereocenters. The number of urea groups is 1. The minimum atomic E-state index is -0.226. The van der Waals surface area contributed by atoms with E-state index in [4.69, 9.17) is 5.11 Å². The van der Waals surface area contributed by atoms with Crippen LogP contribution in [0.1, 0.15) is 30.0 Å². The zero-order valence-corrected chi connectivity index (χ0v) is 12.7. The molecule has 1 aromatic carbocycles. The second kappa shape index (κ2) is 8.19. The molecule has 2 rings (SSSR count). The highest BCUT2D eigenvalue weighted by Gasteiger charge is 2.13. The van der Waals surface area contributed by atoms with Gasteiger partial charge in [0.1, 0.15) is 0 Å². The molecule has 0 aliphatic carbocycles. The van der Waals surface area contributed by atoms with E-state index >= 15 is 0 Å². The highest BCUT2D eigenvalue weighted by Crippen LogP contribution is 2.17. The second-order valence-corrected chi connectivity index (χ2v) is 5.18. The van der Waals surface area contributed by atoms with Crippen molar-refractivity contribution in [3.05, 3.63) is 53.9 Å². The first-order valence-electron chi connectivity index (χ1n) is 7.36. The molecule has 1 heterocycles. The highest BCUT2D eigenvalue weighted by molar-refractivity contribution is 5.74. The molecule has 0 spiro atoms. The smallest absolute Gasteiger partial charge is 0.315 e. The number of carbonyl (C=O) groups excluding carboxylic acids is 1. The molecule has 0 bridgehead atoms. The molecule has 6 heteroatoms. The van der Waals surface area contributed by atoms with Gasteiger partial charge in [0.25, 0.3) is 0 Å². The quantitative estimate of drug-likeness (QED) is 0.729. The summed E-state index contributed by atoms with van der Waals surface area (Å²) in [6.07, 6.45) is 4.92. The van der Waals surface area contributed by atoms with Crippen LogP contribution in [0.25, 0.3) is 0 Å². The number of aliphatic hydroxyl groups is 1. The van der Waals surface area contributed by atoms with Gasteiger partial charge in [0.05, 0.1) is 12.2 Å². The fourth-order valence-electron chi connectivity index (χ4n) is 2.26. The van der Waals surface area contributed by atoms with Crippen LogP contribution in [0, 0.1) is 0 Å². The van der Waals surface area contributed by atoms with Crippen LogP contribution in [0.4, 0.5) is 4.79 Å². The van der Waals surface area contributed by atoms with E-state index in [0.29, 0.717) is 19.4 Å². The van der Waals surface area contributed by atoms with E-state index in [1.165, 1.54) is 0 Å². The lowest BCUT2D eigenvalue weighted by molar-refractivity contribution is 0.232. The summed E-state index contributed by atoms with van der Waals surface area (Å²) in [6.45, 7) is 0.545. The number of rotatable bonds is 7. The third-order valence-corrected chi connectivity index (χ3v) is 3.37. The Kier molecular flexibility index (Phi) is 5.97. The molecule has 0 radical (unpaired) electrons. The lowest BCUT2D eigenvalue weighted by atomic mass is 10.0. The SMILES string of the molecule is Cn1cc(CNC(=O)NC(CCCO)c2ccccc2)cn1. The maximum Gasteiger partial charge on any atom is 0.315 e. The molecule has 0 saturated carbocycles. The van der Waals surface area contributed by atoms with Crippen molar-refractivity contribution < 1.29 is 9.90 Å². The molecule has 118 valence electrons. The van der Waals surface area contributed by atoms with Crippen molar-refractivity contribution in [2.45, 2.75) is 25.4 Å². The van der Waals surface area contributed by atoms with Crippen LogP contribution >= 0.6 is 0 Å². The first-order chi connectivity index (χ1) is 10.7. The second-order valence-electron chi connectivity index (χ2n) is 5.18. The molecule has 0 aliphatic heterocycles. The van der Waals surface area contributed by atoms with Crippen molar-refractivity contribution >= 4 is 6.03 Å². The van der Waals surface area contributed by atoms with Gasteiger partial charge in [0.15, 0.2) is 0 Å². The van der Waals surface area contributed by atoms with E-state index in [0.717, 1.165) is 11.1 Å². The molecule has 2 aromatic rings. The summed E-state index contributed by atoms with van der Waals surface area (Å²) in [7, 11) is 1.84. The maximum absolute atomic E-state index is 12.1. The Labute approximate surface area is 130 Å². The number of benzene rings is 1. The van der Waals surface area contributed by atoms with E-state index in [9.17, 15) is 4.79 Å². The molecule has 0 fully saturated rings. The number of carbonyl (C=O) groups is 1. The molecule has 3 N–H and O–H groups in total. The summed E-state index contributed by atoms with van der Waals surface area (Å²) < 4.78 is 1.70. The van der Waals surface area contributed by atoms with Gasteiger partial charge >= 0.3 is 6.03 Å². The van der Waals surface area contributed by atoms with E-state index in [1.807, 2.05) is 43.6 Å². The Morgan fingerprint density at radius 3 is 2.77 bits per heavy atom. The van der Waals surface area contributed by atoms with Crippen molar-refractivity contribution in [3.63, 3.8) is 0 Å². The van der Waals surface area contributed by atoms with Gasteiger partial charge in [0, 0.05) is 32.0 Å². The summed E-state index contributed by atoms with van der Waals surface area (Å²) >= 11 is 0. The van der Waals surface area contributed by atoms with E-state index in [2.05, 4.69) is 15.7 Å². The van der Waals surface area contributed by atoms with Crippen molar-refractivity contribution in [2.75, 3.05) is 6.61 Å². The van der Waals surface area contributed by atoms with Crippen LogP contribution in [-0.2, 0) is 13.6 Å². The average Bonchev–Trinajstić information content (AvgIpc) is 2.96. The first-order valence-corrected chi connectivity index (χ1v) is 7.36. The van der Waals surface area contributed by atoms with Crippen LogP contribution in [0.5, 0.6) is 0 Å². The number of amides is 2. The molecule has 1 atom stereocenters. The van der Waals surface area contributed by atoms with Crippen LogP contribution in [-0.4, -0.2) is 27.5 Å². The summed E-state index contributed by atoms with van der Waals surface area (Å²) in [5, 5.41) is 18.9. The van der Waals surface area contributed by atoms with Crippen molar-refractivity contribution in [1.82, 2.24) is 20.4 Å². The number of hydrogen-bond donors (Lipinski definition) is 3. The first kappa shape index (κ1) is 16.0. The average molecular weight is 302 g/mol.